The molecule has 0 aliphatic heterocycles. The molecule has 5 nitrogen and oxygen atoms in total. The topological polar surface area (TPSA) is 67.4 Å². The van der Waals surface area contributed by atoms with Gasteiger partial charge in [-0.2, -0.15) is 13.2 Å². The Morgan fingerprint density at radius 1 is 1.25 bits per heavy atom. The Labute approximate surface area is 142 Å². The summed E-state index contributed by atoms with van der Waals surface area (Å²) in [6.07, 6.45) is -4.02. The normalized spacial score (nSPS) is 11.5. The van der Waals surface area contributed by atoms with Crippen molar-refractivity contribution >= 4 is 29.1 Å². The third-order valence-electron chi connectivity index (χ3n) is 2.81. The number of hydrogen-bond donors (Lipinski definition) is 2. The largest absolute Gasteiger partial charge is 0.416 e. The van der Waals surface area contributed by atoms with Crippen LogP contribution in [-0.4, -0.2) is 31.1 Å². The van der Waals surface area contributed by atoms with Crippen LogP contribution in [0.1, 0.15) is 25.8 Å². The molecule has 0 saturated heterocycles. The minimum absolute atomic E-state index is 0.0621. The zero-order chi connectivity index (χ0) is 18.3. The summed E-state index contributed by atoms with van der Waals surface area (Å²) >= 11 is 5.74. The van der Waals surface area contributed by atoms with Crippen molar-refractivity contribution in [1.82, 2.24) is 5.32 Å². The number of carbonyl (C=O) groups excluding carboxylic acids is 2. The van der Waals surface area contributed by atoms with Crippen molar-refractivity contribution < 1.29 is 27.5 Å². The van der Waals surface area contributed by atoms with Gasteiger partial charge in [-0.05, 0) is 38.5 Å². The highest BCUT2D eigenvalue weighted by Crippen LogP contribution is 2.33. The number of rotatable bonds is 6. The van der Waals surface area contributed by atoms with E-state index < -0.39 is 23.6 Å². The Hall–Kier alpha value is -1.80. The molecule has 134 valence electrons. The maximum atomic E-state index is 12.6. The van der Waals surface area contributed by atoms with E-state index in [1.165, 1.54) is 0 Å². The minimum atomic E-state index is -4.58. The number of ether oxygens (including phenoxy) is 1. The van der Waals surface area contributed by atoms with Gasteiger partial charge in [0.2, 0.25) is 0 Å². The first-order valence-corrected chi connectivity index (χ1v) is 7.56. The van der Waals surface area contributed by atoms with Crippen LogP contribution in [0.25, 0.3) is 0 Å². The van der Waals surface area contributed by atoms with E-state index >= 15 is 0 Å². The summed E-state index contributed by atoms with van der Waals surface area (Å²) in [7, 11) is 0. The van der Waals surface area contributed by atoms with E-state index in [1.54, 1.807) is 0 Å². The van der Waals surface area contributed by atoms with Crippen LogP contribution in [0.15, 0.2) is 18.2 Å². The number of nitrogens with one attached hydrogen (secondary N) is 2. The predicted octanol–water partition coefficient (Wildman–Crippen LogP) is 3.23. The van der Waals surface area contributed by atoms with Crippen LogP contribution in [0, 0.1) is 0 Å². The molecule has 0 aliphatic carbocycles. The molecule has 9 heteroatoms. The Balaban J connectivity index is 2.56. The van der Waals surface area contributed by atoms with E-state index in [0.717, 1.165) is 12.1 Å². The van der Waals surface area contributed by atoms with Crippen LogP contribution in [0.3, 0.4) is 0 Å². The zero-order valence-electron chi connectivity index (χ0n) is 13.2. The average molecular weight is 367 g/mol. The lowest BCUT2D eigenvalue weighted by molar-refractivity contribution is -0.137. The lowest BCUT2D eigenvalue weighted by atomic mass is 10.2. The van der Waals surface area contributed by atoms with Gasteiger partial charge >= 0.3 is 18.0 Å². The molecular weight excluding hydrogens is 349 g/mol. The lowest BCUT2D eigenvalue weighted by Gasteiger charge is -2.12. The number of carbonyl (C=O) groups is 2. The van der Waals surface area contributed by atoms with Crippen molar-refractivity contribution in [2.75, 3.05) is 18.5 Å². The smallest absolute Gasteiger partial charge is 0.379 e. The standard InChI is InChI=1S/C15H18ClF3N2O3/c1-9(2)24-7-3-6-20-13(22)14(23)21-12-8-10(15(17,18)19)4-5-11(12)16/h4-5,8-9H,3,6-7H2,1-2H3,(H,20,22)(H,21,23). The third kappa shape index (κ3) is 6.76. The molecule has 0 aliphatic rings. The highest BCUT2D eigenvalue weighted by atomic mass is 35.5. The minimum Gasteiger partial charge on any atom is -0.379 e. The highest BCUT2D eigenvalue weighted by molar-refractivity contribution is 6.41. The molecule has 1 rings (SSSR count). The predicted molar refractivity (Wildman–Crippen MR) is 83.8 cm³/mol. The summed E-state index contributed by atoms with van der Waals surface area (Å²) in [5.41, 5.74) is -1.26. The molecule has 0 aromatic heterocycles. The van der Waals surface area contributed by atoms with Gasteiger partial charge in [0, 0.05) is 13.2 Å². The second-order valence-electron chi connectivity index (χ2n) is 5.18. The summed E-state index contributed by atoms with van der Waals surface area (Å²) in [6, 6.07) is 2.46. The highest BCUT2D eigenvalue weighted by Gasteiger charge is 2.31. The molecule has 2 amide bonds. The van der Waals surface area contributed by atoms with Gasteiger partial charge in [0.15, 0.2) is 0 Å². The van der Waals surface area contributed by atoms with Crippen molar-refractivity contribution in [3.63, 3.8) is 0 Å². The van der Waals surface area contributed by atoms with Crippen LogP contribution >= 0.6 is 11.6 Å². The van der Waals surface area contributed by atoms with E-state index in [4.69, 9.17) is 16.3 Å². The van der Waals surface area contributed by atoms with Gasteiger partial charge in [0.25, 0.3) is 0 Å². The molecule has 0 radical (unpaired) electrons. The van der Waals surface area contributed by atoms with Gasteiger partial charge in [-0.25, -0.2) is 0 Å². The molecule has 0 heterocycles. The third-order valence-corrected chi connectivity index (χ3v) is 3.14. The van der Waals surface area contributed by atoms with Crippen LogP contribution in [0.4, 0.5) is 18.9 Å². The second-order valence-corrected chi connectivity index (χ2v) is 5.58. The van der Waals surface area contributed by atoms with Gasteiger partial charge in [0.05, 0.1) is 22.4 Å². The summed E-state index contributed by atoms with van der Waals surface area (Å²) < 4.78 is 43.2. The molecule has 0 bridgehead atoms. The Morgan fingerprint density at radius 3 is 2.50 bits per heavy atom. The Bertz CT molecular complexity index is 592. The first-order chi connectivity index (χ1) is 11.1. The molecule has 24 heavy (non-hydrogen) atoms. The first-order valence-electron chi connectivity index (χ1n) is 7.18. The maximum absolute atomic E-state index is 12.6. The van der Waals surface area contributed by atoms with E-state index in [2.05, 4.69) is 10.6 Å². The zero-order valence-corrected chi connectivity index (χ0v) is 13.9. The number of halogens is 4. The second kappa shape index (κ2) is 8.89. The molecule has 1 aromatic carbocycles. The molecule has 0 spiro atoms. The van der Waals surface area contributed by atoms with Gasteiger partial charge in [-0.15, -0.1) is 0 Å². The van der Waals surface area contributed by atoms with Crippen molar-refractivity contribution in [2.45, 2.75) is 32.5 Å². The molecule has 0 unspecified atom stereocenters. The fourth-order valence-electron chi connectivity index (χ4n) is 1.65. The fourth-order valence-corrected chi connectivity index (χ4v) is 1.81. The van der Waals surface area contributed by atoms with Crippen molar-refractivity contribution in [1.29, 1.82) is 0 Å². The molecule has 0 atom stereocenters. The maximum Gasteiger partial charge on any atom is 0.416 e. The quantitative estimate of drug-likeness (QED) is 0.600. The van der Waals surface area contributed by atoms with Gasteiger partial charge in [0.1, 0.15) is 0 Å². The van der Waals surface area contributed by atoms with E-state index in [-0.39, 0.29) is 23.4 Å². The number of alkyl halides is 3. The summed E-state index contributed by atoms with van der Waals surface area (Å²) in [4.78, 5) is 23.3. The monoisotopic (exact) mass is 366 g/mol. The van der Waals surface area contributed by atoms with Crippen molar-refractivity contribution in [2.24, 2.45) is 0 Å². The van der Waals surface area contributed by atoms with Crippen LogP contribution in [-0.2, 0) is 20.5 Å². The number of anilines is 1. The molecule has 1 aromatic rings. The number of amides is 2. The van der Waals surface area contributed by atoms with E-state index in [0.29, 0.717) is 19.1 Å². The van der Waals surface area contributed by atoms with Gasteiger partial charge in [-0.3, -0.25) is 9.59 Å². The van der Waals surface area contributed by atoms with Gasteiger partial charge in [-0.1, -0.05) is 11.6 Å². The van der Waals surface area contributed by atoms with Crippen LogP contribution in [0.2, 0.25) is 5.02 Å². The summed E-state index contributed by atoms with van der Waals surface area (Å²) in [5, 5.41) is 4.31. The Morgan fingerprint density at radius 2 is 1.92 bits per heavy atom. The lowest BCUT2D eigenvalue weighted by Crippen LogP contribution is -2.36. The van der Waals surface area contributed by atoms with E-state index in [9.17, 15) is 22.8 Å². The average Bonchev–Trinajstić information content (AvgIpc) is 2.47. The Kier molecular flexibility index (Phi) is 7.50. The SMILES string of the molecule is CC(C)OCCCNC(=O)C(=O)Nc1cc(C(F)(F)F)ccc1Cl. The molecular formula is C15H18ClF3N2O3. The molecule has 0 fully saturated rings. The first kappa shape index (κ1) is 20.2. The number of benzene rings is 1. The van der Waals surface area contributed by atoms with Crippen LogP contribution < -0.4 is 10.6 Å². The van der Waals surface area contributed by atoms with Crippen molar-refractivity contribution in [3.8, 4) is 0 Å². The fraction of sp³-hybridized carbons (Fsp3) is 0.467. The van der Waals surface area contributed by atoms with Gasteiger partial charge < -0.3 is 15.4 Å². The number of hydrogen-bond acceptors (Lipinski definition) is 3. The molecule has 2 N–H and O–H groups in total. The summed E-state index contributed by atoms with van der Waals surface area (Å²) in [6.45, 7) is 4.35. The summed E-state index contributed by atoms with van der Waals surface area (Å²) in [5.74, 6) is -2.06. The van der Waals surface area contributed by atoms with Crippen molar-refractivity contribution in [3.05, 3.63) is 28.8 Å². The van der Waals surface area contributed by atoms with E-state index in [1.807, 2.05) is 13.8 Å². The van der Waals surface area contributed by atoms with Crippen LogP contribution in [0.5, 0.6) is 0 Å². The molecule has 0 saturated carbocycles.